The maximum absolute atomic E-state index is 12.8. The average molecular weight is 369 g/mol. The first kappa shape index (κ1) is 17.1. The molecule has 1 aromatic heterocycles. The van der Waals surface area contributed by atoms with Gasteiger partial charge < -0.3 is 9.32 Å². The molecule has 2 aliphatic rings. The Bertz CT molecular complexity index is 855. The summed E-state index contributed by atoms with van der Waals surface area (Å²) in [6.07, 6.45) is 1.71. The number of benzene rings is 1. The number of carbonyl (C=O) groups excluding carboxylic acids is 2. The number of fused-ring (bicyclic) bond motifs is 1. The SMILES string of the molecule is N#C[C@@H]1CCCN1C(=O)[C@H]1NCSC1C(=O)Cc1cc2ccccc2o1. The number of ketones is 1. The van der Waals surface area contributed by atoms with Crippen molar-refractivity contribution in [2.24, 2.45) is 0 Å². The van der Waals surface area contributed by atoms with Crippen LogP contribution in [0.2, 0.25) is 0 Å². The van der Waals surface area contributed by atoms with Crippen molar-refractivity contribution in [1.29, 1.82) is 5.26 Å². The number of furan rings is 1. The van der Waals surface area contributed by atoms with Gasteiger partial charge in [-0.15, -0.1) is 11.8 Å². The van der Waals surface area contributed by atoms with E-state index in [-0.39, 0.29) is 24.2 Å². The number of rotatable bonds is 4. The smallest absolute Gasteiger partial charge is 0.242 e. The number of nitrogens with one attached hydrogen (secondary N) is 1. The number of amides is 1. The van der Waals surface area contributed by atoms with E-state index in [2.05, 4.69) is 11.4 Å². The van der Waals surface area contributed by atoms with Gasteiger partial charge in [0.05, 0.1) is 17.7 Å². The third-order valence-electron chi connectivity index (χ3n) is 4.96. The van der Waals surface area contributed by atoms with Crippen molar-refractivity contribution in [3.63, 3.8) is 0 Å². The molecule has 1 unspecified atom stereocenters. The number of hydrogen-bond donors (Lipinski definition) is 1. The van der Waals surface area contributed by atoms with E-state index in [0.29, 0.717) is 24.6 Å². The highest BCUT2D eigenvalue weighted by Gasteiger charge is 2.42. The normalized spacial score (nSPS) is 25.5. The number of nitriles is 1. The quantitative estimate of drug-likeness (QED) is 0.888. The fraction of sp³-hybridized carbons (Fsp3) is 0.421. The molecule has 0 saturated carbocycles. The molecule has 2 fully saturated rings. The molecule has 6 nitrogen and oxygen atoms in total. The molecule has 0 spiro atoms. The van der Waals surface area contributed by atoms with Gasteiger partial charge in [0.2, 0.25) is 5.91 Å². The largest absolute Gasteiger partial charge is 0.461 e. The van der Waals surface area contributed by atoms with E-state index in [0.717, 1.165) is 17.4 Å². The molecule has 7 heteroatoms. The number of para-hydroxylation sites is 1. The lowest BCUT2D eigenvalue weighted by Crippen LogP contribution is -2.51. The Labute approximate surface area is 155 Å². The minimum Gasteiger partial charge on any atom is -0.461 e. The van der Waals surface area contributed by atoms with Crippen LogP contribution in [0, 0.1) is 11.3 Å². The predicted octanol–water partition coefficient (Wildman–Crippen LogP) is 2.09. The lowest BCUT2D eigenvalue weighted by atomic mass is 10.0. The number of Topliss-reactive ketones (excluding diaryl/α,β-unsaturated/α-hetero) is 1. The molecule has 2 aliphatic heterocycles. The van der Waals surface area contributed by atoms with Gasteiger partial charge in [-0.1, -0.05) is 18.2 Å². The Balaban J connectivity index is 1.48. The van der Waals surface area contributed by atoms with Crippen LogP contribution in [0.1, 0.15) is 18.6 Å². The van der Waals surface area contributed by atoms with Crippen molar-refractivity contribution >= 4 is 34.4 Å². The fourth-order valence-corrected chi connectivity index (χ4v) is 4.80. The van der Waals surface area contributed by atoms with Gasteiger partial charge in [0.25, 0.3) is 0 Å². The molecule has 2 saturated heterocycles. The summed E-state index contributed by atoms with van der Waals surface area (Å²) < 4.78 is 5.74. The van der Waals surface area contributed by atoms with Crippen molar-refractivity contribution in [3.8, 4) is 6.07 Å². The Morgan fingerprint density at radius 3 is 3.04 bits per heavy atom. The van der Waals surface area contributed by atoms with E-state index in [9.17, 15) is 14.9 Å². The van der Waals surface area contributed by atoms with E-state index in [1.807, 2.05) is 30.3 Å². The predicted molar refractivity (Wildman–Crippen MR) is 98.4 cm³/mol. The Hall–Kier alpha value is -2.30. The lowest BCUT2D eigenvalue weighted by Gasteiger charge is -2.25. The van der Waals surface area contributed by atoms with E-state index in [1.165, 1.54) is 11.8 Å². The number of hydrogen-bond acceptors (Lipinski definition) is 6. The summed E-state index contributed by atoms with van der Waals surface area (Å²) >= 11 is 1.45. The second-order valence-electron chi connectivity index (χ2n) is 6.63. The topological polar surface area (TPSA) is 86.3 Å². The van der Waals surface area contributed by atoms with Crippen LogP contribution in [0.3, 0.4) is 0 Å². The van der Waals surface area contributed by atoms with Gasteiger partial charge in [0.1, 0.15) is 23.4 Å². The lowest BCUT2D eigenvalue weighted by molar-refractivity contribution is -0.135. The van der Waals surface area contributed by atoms with E-state index >= 15 is 0 Å². The van der Waals surface area contributed by atoms with Crippen LogP contribution in [0.25, 0.3) is 11.0 Å². The molecular weight excluding hydrogens is 350 g/mol. The zero-order chi connectivity index (χ0) is 18.1. The summed E-state index contributed by atoms with van der Waals surface area (Å²) in [5.41, 5.74) is 0.758. The molecule has 1 aromatic carbocycles. The summed E-state index contributed by atoms with van der Waals surface area (Å²) in [6.45, 7) is 0.588. The van der Waals surface area contributed by atoms with E-state index < -0.39 is 11.3 Å². The molecule has 134 valence electrons. The van der Waals surface area contributed by atoms with Crippen LogP contribution in [0.15, 0.2) is 34.7 Å². The summed E-state index contributed by atoms with van der Waals surface area (Å²) in [4.78, 5) is 27.3. The number of likely N-dealkylation sites (tertiary alicyclic amines) is 1. The van der Waals surface area contributed by atoms with Gasteiger partial charge in [-0.05, 0) is 25.0 Å². The Kier molecular flexibility index (Phi) is 4.70. The maximum atomic E-state index is 12.8. The summed E-state index contributed by atoms with van der Waals surface area (Å²) in [5, 5.41) is 12.9. The minimum atomic E-state index is -0.564. The molecule has 3 heterocycles. The van der Waals surface area contributed by atoms with Gasteiger partial charge in [-0.2, -0.15) is 5.26 Å². The van der Waals surface area contributed by atoms with Crippen molar-refractivity contribution in [2.45, 2.75) is 36.6 Å². The van der Waals surface area contributed by atoms with E-state index in [4.69, 9.17) is 4.42 Å². The fourth-order valence-electron chi connectivity index (χ4n) is 3.67. The van der Waals surface area contributed by atoms with Crippen LogP contribution in [0.5, 0.6) is 0 Å². The Morgan fingerprint density at radius 1 is 1.38 bits per heavy atom. The zero-order valence-corrected chi connectivity index (χ0v) is 15.0. The minimum absolute atomic E-state index is 0.0230. The zero-order valence-electron chi connectivity index (χ0n) is 14.2. The number of thioether (sulfide) groups is 1. The molecule has 1 amide bonds. The van der Waals surface area contributed by atoms with Gasteiger partial charge in [0.15, 0.2) is 5.78 Å². The van der Waals surface area contributed by atoms with Crippen LogP contribution in [-0.2, 0) is 16.0 Å². The van der Waals surface area contributed by atoms with Crippen LogP contribution in [-0.4, -0.2) is 46.3 Å². The standard InChI is InChI=1S/C19H19N3O3S/c20-10-13-5-3-7-22(13)19(24)17-18(26-11-21-17)15(23)9-14-8-12-4-1-2-6-16(12)25-14/h1-2,4,6,8,13,17-18,21H,3,5,7,9,11H2/t13-,17-,18?/m0/s1. The van der Waals surface area contributed by atoms with Gasteiger partial charge >= 0.3 is 0 Å². The van der Waals surface area contributed by atoms with Gasteiger partial charge in [-0.3, -0.25) is 14.9 Å². The molecule has 1 N–H and O–H groups in total. The van der Waals surface area contributed by atoms with E-state index in [1.54, 1.807) is 4.90 Å². The van der Waals surface area contributed by atoms with Crippen LogP contribution < -0.4 is 5.32 Å². The summed E-state index contributed by atoms with van der Waals surface area (Å²) in [6, 6.07) is 10.8. The second-order valence-corrected chi connectivity index (χ2v) is 7.76. The molecule has 0 aliphatic carbocycles. The van der Waals surface area contributed by atoms with Crippen LogP contribution in [0.4, 0.5) is 0 Å². The second kappa shape index (κ2) is 7.14. The third kappa shape index (κ3) is 3.11. The Morgan fingerprint density at radius 2 is 2.23 bits per heavy atom. The first-order chi connectivity index (χ1) is 12.7. The molecule has 0 bridgehead atoms. The average Bonchev–Trinajstić information content (AvgIpc) is 3.38. The third-order valence-corrected chi connectivity index (χ3v) is 6.19. The molecular formula is C19H19N3O3S. The monoisotopic (exact) mass is 369 g/mol. The van der Waals surface area contributed by atoms with Gasteiger partial charge in [-0.25, -0.2) is 0 Å². The molecule has 26 heavy (non-hydrogen) atoms. The number of nitrogens with zero attached hydrogens (tertiary/aromatic N) is 2. The van der Waals surface area contributed by atoms with Crippen LogP contribution >= 0.6 is 11.8 Å². The van der Waals surface area contributed by atoms with Crippen molar-refractivity contribution in [3.05, 3.63) is 36.1 Å². The highest BCUT2D eigenvalue weighted by molar-refractivity contribution is 8.00. The maximum Gasteiger partial charge on any atom is 0.242 e. The number of carbonyl (C=O) groups is 2. The summed E-state index contributed by atoms with van der Waals surface area (Å²) in [7, 11) is 0. The van der Waals surface area contributed by atoms with Crippen molar-refractivity contribution in [1.82, 2.24) is 10.2 Å². The summed E-state index contributed by atoms with van der Waals surface area (Å²) in [5.74, 6) is 1.01. The van der Waals surface area contributed by atoms with Crippen molar-refractivity contribution < 1.29 is 14.0 Å². The molecule has 3 atom stereocenters. The molecule has 2 aromatic rings. The first-order valence-electron chi connectivity index (χ1n) is 8.72. The van der Waals surface area contributed by atoms with Crippen molar-refractivity contribution in [2.75, 3.05) is 12.4 Å². The highest BCUT2D eigenvalue weighted by Crippen LogP contribution is 2.28. The van der Waals surface area contributed by atoms with Gasteiger partial charge in [0, 0.05) is 17.8 Å². The highest BCUT2D eigenvalue weighted by atomic mass is 32.2. The molecule has 0 radical (unpaired) electrons. The first-order valence-corrected chi connectivity index (χ1v) is 9.77. The molecule has 4 rings (SSSR count).